The molecule has 1 aliphatic heterocycles. The number of likely N-dealkylation sites (tertiary alicyclic amines) is 1. The molecule has 1 fully saturated rings. The minimum absolute atomic E-state index is 0.00656. The van der Waals surface area contributed by atoms with Gasteiger partial charge in [0, 0.05) is 18.9 Å². The Bertz CT molecular complexity index is 826. The van der Waals surface area contributed by atoms with Crippen LogP contribution >= 0.6 is 0 Å². The van der Waals surface area contributed by atoms with Crippen LogP contribution < -0.4 is 5.32 Å². The maximum Gasteiger partial charge on any atom is 0.322 e. The van der Waals surface area contributed by atoms with Gasteiger partial charge in [-0.1, -0.05) is 18.2 Å². The Kier molecular flexibility index (Phi) is 4.20. The highest BCUT2D eigenvalue weighted by molar-refractivity contribution is 5.89. The predicted molar refractivity (Wildman–Crippen MR) is 94.5 cm³/mol. The van der Waals surface area contributed by atoms with E-state index in [0.29, 0.717) is 5.69 Å². The minimum Gasteiger partial charge on any atom is -0.347 e. The Hall–Kier alpha value is -3.09. The number of hydrogen-bond acceptors (Lipinski definition) is 3. The molecule has 4 rings (SSSR count). The van der Waals surface area contributed by atoms with Gasteiger partial charge in [-0.05, 0) is 31.4 Å². The van der Waals surface area contributed by atoms with Crippen molar-refractivity contribution in [3.8, 4) is 5.69 Å². The molecule has 25 heavy (non-hydrogen) atoms. The minimum atomic E-state index is -0.117. The lowest BCUT2D eigenvalue weighted by Gasteiger charge is -2.34. The van der Waals surface area contributed by atoms with Crippen molar-refractivity contribution in [2.24, 2.45) is 0 Å². The standard InChI is InChI=1S/C18H20N6O/c25-18(23-11-5-4-8-16(23)17-19-9-10-20-17)22-14-12-21-24(13-14)15-6-2-1-3-7-15/h1-3,6-7,9-10,12-13,16H,4-5,8,11H2,(H,19,20)(H,22,25)/t16-/m0/s1. The van der Waals surface area contributed by atoms with E-state index >= 15 is 0 Å². The van der Waals surface area contributed by atoms with Crippen LogP contribution in [0.15, 0.2) is 55.1 Å². The van der Waals surface area contributed by atoms with Gasteiger partial charge in [0.15, 0.2) is 0 Å². The lowest BCUT2D eigenvalue weighted by molar-refractivity contribution is 0.160. The maximum atomic E-state index is 12.8. The number of aromatic amines is 1. The van der Waals surface area contributed by atoms with Crippen LogP contribution in [-0.2, 0) is 0 Å². The van der Waals surface area contributed by atoms with Crippen molar-refractivity contribution in [2.75, 3.05) is 11.9 Å². The Morgan fingerprint density at radius 2 is 2.12 bits per heavy atom. The van der Waals surface area contributed by atoms with Gasteiger partial charge in [0.2, 0.25) is 0 Å². The summed E-state index contributed by atoms with van der Waals surface area (Å²) in [7, 11) is 0. The van der Waals surface area contributed by atoms with E-state index in [9.17, 15) is 4.79 Å². The smallest absolute Gasteiger partial charge is 0.322 e. The topological polar surface area (TPSA) is 78.8 Å². The van der Waals surface area contributed by atoms with Crippen molar-refractivity contribution in [1.29, 1.82) is 0 Å². The van der Waals surface area contributed by atoms with Gasteiger partial charge < -0.3 is 15.2 Å². The quantitative estimate of drug-likeness (QED) is 0.770. The highest BCUT2D eigenvalue weighted by Gasteiger charge is 2.29. The number of hydrogen-bond donors (Lipinski definition) is 2. The number of imidazole rings is 1. The summed E-state index contributed by atoms with van der Waals surface area (Å²) in [5.41, 5.74) is 1.63. The summed E-state index contributed by atoms with van der Waals surface area (Å²) in [6.45, 7) is 0.726. The normalized spacial score (nSPS) is 17.4. The number of benzene rings is 1. The summed E-state index contributed by atoms with van der Waals surface area (Å²) in [4.78, 5) is 22.1. The van der Waals surface area contributed by atoms with Crippen molar-refractivity contribution >= 4 is 11.7 Å². The number of amides is 2. The van der Waals surface area contributed by atoms with Crippen LogP contribution in [0.25, 0.3) is 5.69 Å². The first-order valence-corrected chi connectivity index (χ1v) is 8.48. The number of carbonyl (C=O) groups excluding carboxylic acids is 1. The second-order valence-corrected chi connectivity index (χ2v) is 6.12. The van der Waals surface area contributed by atoms with Gasteiger partial charge in [0.1, 0.15) is 5.82 Å². The maximum absolute atomic E-state index is 12.8. The average Bonchev–Trinajstić information content (AvgIpc) is 3.34. The van der Waals surface area contributed by atoms with E-state index in [1.807, 2.05) is 41.4 Å². The third kappa shape index (κ3) is 3.26. The first-order chi connectivity index (χ1) is 12.3. The molecule has 128 valence electrons. The molecule has 2 aromatic heterocycles. The van der Waals surface area contributed by atoms with Gasteiger partial charge in [-0.25, -0.2) is 14.5 Å². The summed E-state index contributed by atoms with van der Waals surface area (Å²) < 4.78 is 1.75. The highest BCUT2D eigenvalue weighted by Crippen LogP contribution is 2.29. The van der Waals surface area contributed by atoms with Crippen LogP contribution in [0.2, 0.25) is 0 Å². The summed E-state index contributed by atoms with van der Waals surface area (Å²) in [5.74, 6) is 0.842. The fourth-order valence-electron chi connectivity index (χ4n) is 3.22. The van der Waals surface area contributed by atoms with Gasteiger partial charge in [-0.3, -0.25) is 0 Å². The summed E-state index contributed by atoms with van der Waals surface area (Å²) in [5, 5.41) is 7.27. The monoisotopic (exact) mass is 336 g/mol. The van der Waals surface area contributed by atoms with Crippen molar-refractivity contribution in [3.05, 3.63) is 60.9 Å². The van der Waals surface area contributed by atoms with Gasteiger partial charge in [-0.15, -0.1) is 0 Å². The molecule has 1 aromatic carbocycles. The number of para-hydroxylation sites is 1. The van der Waals surface area contributed by atoms with E-state index in [4.69, 9.17) is 0 Å². The Labute approximate surface area is 145 Å². The molecule has 2 N–H and O–H groups in total. The molecule has 0 radical (unpaired) electrons. The number of aromatic nitrogens is 4. The lowest BCUT2D eigenvalue weighted by atomic mass is 10.0. The third-order valence-electron chi connectivity index (χ3n) is 4.45. The number of carbonyl (C=O) groups is 1. The molecule has 2 amide bonds. The van der Waals surface area contributed by atoms with Crippen LogP contribution in [0.5, 0.6) is 0 Å². The lowest BCUT2D eigenvalue weighted by Crippen LogP contribution is -2.41. The van der Waals surface area contributed by atoms with Crippen LogP contribution in [0.1, 0.15) is 31.1 Å². The first kappa shape index (κ1) is 15.4. The number of H-pyrrole nitrogens is 1. The highest BCUT2D eigenvalue weighted by atomic mass is 16.2. The summed E-state index contributed by atoms with van der Waals surface area (Å²) >= 11 is 0. The fourth-order valence-corrected chi connectivity index (χ4v) is 3.22. The van der Waals surface area contributed by atoms with E-state index in [1.165, 1.54) is 0 Å². The van der Waals surface area contributed by atoms with Crippen molar-refractivity contribution in [3.63, 3.8) is 0 Å². The zero-order valence-corrected chi connectivity index (χ0v) is 13.8. The number of rotatable bonds is 3. The summed E-state index contributed by atoms with van der Waals surface area (Å²) in [6, 6.07) is 9.68. The van der Waals surface area contributed by atoms with Gasteiger partial charge in [-0.2, -0.15) is 5.10 Å². The molecule has 3 aromatic rings. The third-order valence-corrected chi connectivity index (χ3v) is 4.45. The molecule has 0 unspecified atom stereocenters. The van der Waals surface area contributed by atoms with Gasteiger partial charge >= 0.3 is 6.03 Å². The zero-order valence-electron chi connectivity index (χ0n) is 13.8. The average molecular weight is 336 g/mol. The van der Waals surface area contributed by atoms with Gasteiger partial charge in [0.25, 0.3) is 0 Å². The second-order valence-electron chi connectivity index (χ2n) is 6.12. The first-order valence-electron chi connectivity index (χ1n) is 8.48. The van der Waals surface area contributed by atoms with Gasteiger partial charge in [0.05, 0.1) is 29.8 Å². The molecule has 1 atom stereocenters. The summed E-state index contributed by atoms with van der Waals surface area (Å²) in [6.07, 6.45) is 10.0. The number of nitrogens with one attached hydrogen (secondary N) is 2. The molecule has 1 aliphatic rings. The SMILES string of the molecule is O=C(Nc1cnn(-c2ccccc2)c1)N1CCCC[C@H]1c1ncc[nH]1. The largest absolute Gasteiger partial charge is 0.347 e. The van der Waals surface area contributed by atoms with Crippen LogP contribution in [0, 0.1) is 0 Å². The molecule has 7 nitrogen and oxygen atoms in total. The molecule has 0 aliphatic carbocycles. The van der Waals surface area contributed by atoms with Crippen LogP contribution in [0.3, 0.4) is 0 Å². The molecular weight excluding hydrogens is 316 g/mol. The molecule has 1 saturated heterocycles. The van der Waals surface area contributed by atoms with Crippen molar-refractivity contribution in [1.82, 2.24) is 24.6 Å². The molecule has 7 heteroatoms. The Morgan fingerprint density at radius 3 is 2.92 bits per heavy atom. The van der Waals surface area contributed by atoms with E-state index in [0.717, 1.165) is 37.3 Å². The molecule has 3 heterocycles. The van der Waals surface area contributed by atoms with E-state index in [-0.39, 0.29) is 12.1 Å². The fraction of sp³-hybridized carbons (Fsp3) is 0.278. The number of nitrogens with zero attached hydrogens (tertiary/aromatic N) is 4. The van der Waals surface area contributed by atoms with Crippen LogP contribution in [0.4, 0.5) is 10.5 Å². The Morgan fingerprint density at radius 1 is 1.24 bits per heavy atom. The number of anilines is 1. The van der Waals surface area contributed by atoms with E-state index < -0.39 is 0 Å². The van der Waals surface area contributed by atoms with E-state index in [2.05, 4.69) is 20.4 Å². The van der Waals surface area contributed by atoms with Crippen LogP contribution in [-0.4, -0.2) is 37.2 Å². The predicted octanol–water partition coefficient (Wildman–Crippen LogP) is 3.35. The van der Waals surface area contributed by atoms with E-state index in [1.54, 1.807) is 23.3 Å². The van der Waals surface area contributed by atoms with Crippen molar-refractivity contribution in [2.45, 2.75) is 25.3 Å². The number of piperidine rings is 1. The molecule has 0 spiro atoms. The molecular formula is C18H20N6O. The van der Waals surface area contributed by atoms with Crippen molar-refractivity contribution < 1.29 is 4.79 Å². The second kappa shape index (κ2) is 6.80. The Balaban J connectivity index is 1.48. The zero-order chi connectivity index (χ0) is 17.1. The number of urea groups is 1. The molecule has 0 bridgehead atoms. The molecule has 0 saturated carbocycles.